The number of methoxy groups -OCH3 is 1. The Hall–Kier alpha value is -5.24. The fourth-order valence-corrected chi connectivity index (χ4v) is 4.92. The predicted molar refractivity (Wildman–Crippen MR) is 237 cm³/mol. The number of ether oxygens (including phenoxy) is 4. The first-order chi connectivity index (χ1) is 30.7. The third kappa shape index (κ3) is 22.4. The molecule has 0 saturated heterocycles. The Morgan fingerprint density at radius 1 is 0.859 bits per heavy atom. The first-order valence-electron chi connectivity index (χ1n) is 18.3. The van der Waals surface area contributed by atoms with Gasteiger partial charge >= 0.3 is 17.6 Å². The smallest absolute Gasteiger partial charge is 0.335 e. The number of nitrogens with one attached hydrogen (secondary N) is 4. The van der Waals surface area contributed by atoms with Gasteiger partial charge in [0.25, 0.3) is 17.4 Å². The summed E-state index contributed by atoms with van der Waals surface area (Å²) in [7, 11) is 5.60. The number of carbonyl (C=O) groups is 5. The highest BCUT2D eigenvalue weighted by Gasteiger charge is 2.20. The van der Waals surface area contributed by atoms with Crippen molar-refractivity contribution in [2.75, 3.05) is 59.8 Å². The van der Waals surface area contributed by atoms with Crippen molar-refractivity contribution in [3.05, 3.63) is 97.3 Å². The molecule has 24 nitrogen and oxygen atoms in total. The molecule has 13 N–H and O–H groups in total. The van der Waals surface area contributed by atoms with Crippen LogP contribution in [0.2, 0.25) is 0 Å². The Morgan fingerprint density at radius 2 is 1.45 bits per heavy atom. The van der Waals surface area contributed by atoms with Crippen LogP contribution in [0.4, 0.5) is 0 Å². The van der Waals surface area contributed by atoms with Crippen LogP contribution in [0.25, 0.3) is 0 Å². The average Bonchev–Trinajstić information content (AvgIpc) is 3.30. The number of nitrogens with zero attached hydrogens (tertiary/aromatic N) is 1. The van der Waals surface area contributed by atoms with E-state index in [1.807, 2.05) is 0 Å². The van der Waals surface area contributed by atoms with E-state index in [9.17, 15) is 48.9 Å². The molecule has 0 aliphatic carbocycles. The number of benzene rings is 2. The van der Waals surface area contributed by atoms with E-state index in [0.717, 1.165) is 22.8 Å². The molecule has 354 valence electrons. The van der Waals surface area contributed by atoms with Crippen molar-refractivity contribution in [1.29, 1.82) is 0 Å². The van der Waals surface area contributed by atoms with Crippen molar-refractivity contribution in [3.63, 3.8) is 0 Å². The topological polar surface area (TPSA) is 381 Å². The summed E-state index contributed by atoms with van der Waals surface area (Å²) in [6.45, 7) is -1.05. The maximum atomic E-state index is 12.6. The molecular formula is C37H53N6O18P3. The van der Waals surface area contributed by atoms with Gasteiger partial charge in [-0.3, -0.25) is 28.7 Å². The highest BCUT2D eigenvalue weighted by molar-refractivity contribution is 7.08. The fraction of sp³-hybridized carbons (Fsp3) is 0.378. The second-order valence-corrected chi connectivity index (χ2v) is 12.1. The van der Waals surface area contributed by atoms with Crippen molar-refractivity contribution in [2.24, 2.45) is 5.73 Å². The molecule has 6 atom stereocenters. The molecule has 0 fully saturated rings. The molecule has 0 aliphatic heterocycles. The van der Waals surface area contributed by atoms with E-state index in [2.05, 4.69) is 32.8 Å². The van der Waals surface area contributed by atoms with Gasteiger partial charge in [0.05, 0.1) is 49.6 Å². The molecule has 3 rings (SSSR count). The van der Waals surface area contributed by atoms with E-state index in [4.69, 9.17) is 44.5 Å². The van der Waals surface area contributed by atoms with Crippen LogP contribution in [0.5, 0.6) is 5.75 Å². The second-order valence-electron chi connectivity index (χ2n) is 12.1. The molecule has 27 heteroatoms. The molecular weight excluding hydrogens is 909 g/mol. The molecule has 2 aromatic carbocycles. The van der Waals surface area contributed by atoms with Gasteiger partial charge in [-0.15, -0.1) is 0 Å². The average molecular weight is 963 g/mol. The van der Waals surface area contributed by atoms with Crippen LogP contribution >= 0.6 is 28.4 Å². The van der Waals surface area contributed by atoms with Crippen LogP contribution in [0, 0.1) is 11.8 Å². The lowest BCUT2D eigenvalue weighted by Crippen LogP contribution is -2.39. The zero-order valence-electron chi connectivity index (χ0n) is 34.3. The van der Waals surface area contributed by atoms with Crippen LogP contribution in [0.1, 0.15) is 53.4 Å². The number of aromatic amines is 1. The molecule has 1 aromatic heterocycles. The number of carboxylic acids is 2. The molecule has 0 saturated carbocycles. The molecule has 0 radical (unpaired) electrons. The van der Waals surface area contributed by atoms with E-state index in [-0.39, 0.29) is 93.5 Å². The lowest BCUT2D eigenvalue weighted by Gasteiger charge is -2.21. The van der Waals surface area contributed by atoms with E-state index >= 15 is 0 Å². The lowest BCUT2D eigenvalue weighted by atomic mass is 10.1. The first kappa shape index (κ1) is 58.8. The monoisotopic (exact) mass is 962 g/mol. The molecule has 1 heterocycles. The number of carboxylic acid groups (broad SMARTS) is 2. The molecule has 3 amide bonds. The van der Waals surface area contributed by atoms with Gasteiger partial charge in [-0.2, -0.15) is 0 Å². The Morgan fingerprint density at radius 3 is 2.03 bits per heavy atom. The van der Waals surface area contributed by atoms with Gasteiger partial charge in [0.2, 0.25) is 5.91 Å². The van der Waals surface area contributed by atoms with Crippen molar-refractivity contribution in [3.8, 4) is 17.6 Å². The maximum Gasteiger partial charge on any atom is 0.335 e. The number of aliphatic hydroxyl groups excluding tert-OH is 2. The highest BCUT2D eigenvalue weighted by Crippen LogP contribution is 2.14. The Balaban J connectivity index is 0.00000633. The number of nitrogens with two attached hydrogens (primary N) is 1. The quantitative estimate of drug-likeness (QED) is 0.0195. The molecule has 0 aliphatic rings. The molecule has 3 aromatic rings. The zero-order valence-corrected chi connectivity index (χ0v) is 37.8. The number of aromatic carboxylic acids is 2. The summed E-state index contributed by atoms with van der Waals surface area (Å²) in [5.41, 5.74) is 3.68. The number of aromatic nitrogens is 2. The number of rotatable bonds is 23. The summed E-state index contributed by atoms with van der Waals surface area (Å²) in [5.74, 6) is 0.953. The van der Waals surface area contributed by atoms with Crippen molar-refractivity contribution >= 4 is 58.1 Å². The molecule has 64 heavy (non-hydrogen) atoms. The van der Waals surface area contributed by atoms with Gasteiger partial charge in [0.1, 0.15) is 30.8 Å². The van der Waals surface area contributed by atoms with Crippen LogP contribution in [-0.4, -0.2) is 153 Å². The minimum absolute atomic E-state index is 0.00398. The normalized spacial score (nSPS) is 11.4. The predicted octanol–water partition coefficient (Wildman–Crippen LogP) is -2.98. The summed E-state index contributed by atoms with van der Waals surface area (Å²) < 4.78 is 22.5. The summed E-state index contributed by atoms with van der Waals surface area (Å²) in [6.07, 6.45) is -1.46. The Bertz CT molecular complexity index is 2080. The Kier molecular flexibility index (Phi) is 31.4. The van der Waals surface area contributed by atoms with Gasteiger partial charge in [-0.25, -0.2) is 14.4 Å². The van der Waals surface area contributed by atoms with Gasteiger partial charge in [-0.1, -0.05) is 17.9 Å². The Labute approximate surface area is 372 Å². The van der Waals surface area contributed by atoms with Gasteiger partial charge < -0.3 is 75.7 Å². The van der Waals surface area contributed by atoms with Gasteiger partial charge in [0.15, 0.2) is 0 Å². The standard InChI is InChI=1S/C37H44N6O15.3H3OP/c1-55-29(7-11-44)28(45)19-43-18-23(34(49)42-37(43)54)5-3-8-39-31(46)21-56-12-13-57-30(38)20-58-27-6-2-4-22(17-27)32(47)40-9-10-41-33(48)24-14-25(35(50)51)16-26(15-24)36(52)53;3*1-2/h2,4,6,14-18,28-30,44-45H,7-13,19-21,38H2,1H3,(H,39,46)(H,40,47)(H,41,48)(H,50,51)(H,52,53)(H,42,49,54);3*1H,2H2. The van der Waals surface area contributed by atoms with E-state index in [1.54, 1.807) is 12.1 Å². The van der Waals surface area contributed by atoms with Crippen molar-refractivity contribution < 1.29 is 78.0 Å². The van der Waals surface area contributed by atoms with Crippen molar-refractivity contribution in [2.45, 2.75) is 31.4 Å². The fourth-order valence-electron chi connectivity index (χ4n) is 4.92. The molecule has 6 unspecified atom stereocenters. The zero-order chi connectivity index (χ0) is 48.6. The van der Waals surface area contributed by atoms with Crippen LogP contribution in [0.3, 0.4) is 0 Å². The lowest BCUT2D eigenvalue weighted by molar-refractivity contribution is -0.126. The third-order valence-electron chi connectivity index (χ3n) is 7.83. The maximum absolute atomic E-state index is 12.6. The molecule has 0 bridgehead atoms. The van der Waals surface area contributed by atoms with Crippen molar-refractivity contribution in [1.82, 2.24) is 25.5 Å². The number of aliphatic hydroxyl groups is 2. The van der Waals surface area contributed by atoms with E-state index in [0.29, 0.717) is 5.75 Å². The van der Waals surface area contributed by atoms with Gasteiger partial charge in [0, 0.05) is 44.1 Å². The minimum atomic E-state index is -1.40. The number of hydrogen-bond donors (Lipinski definition) is 12. The van der Waals surface area contributed by atoms with E-state index in [1.165, 1.54) is 53.8 Å². The number of H-pyrrole nitrogens is 1. The number of hydrogen-bond acceptors (Lipinski definition) is 17. The highest BCUT2D eigenvalue weighted by atomic mass is 31.0. The third-order valence-corrected chi connectivity index (χ3v) is 7.83. The summed E-state index contributed by atoms with van der Waals surface area (Å²) in [4.78, 5) is 107. The number of carbonyl (C=O) groups excluding carboxylic acids is 3. The van der Waals surface area contributed by atoms with Crippen LogP contribution in [-0.2, 0) is 25.5 Å². The number of amides is 3. The van der Waals surface area contributed by atoms with Crippen LogP contribution in [0.15, 0.2) is 58.3 Å². The summed E-state index contributed by atoms with van der Waals surface area (Å²) in [5, 5.41) is 45.4. The SMILES string of the molecule is COC(CCO)C(O)Cn1cc(C#CCNC(=O)COCCOC(N)COc2cccc(C(=O)NCCNC(=O)c3cc(C(=O)O)cc(C(=O)O)c3)c2)c(=O)[nH]c1=O.OP.OP.OP. The molecule has 0 spiro atoms. The first-order valence-corrected chi connectivity index (χ1v) is 19.8. The second kappa shape index (κ2) is 34.2. The summed E-state index contributed by atoms with van der Waals surface area (Å²) in [6, 6.07) is 9.17. The van der Waals surface area contributed by atoms with Gasteiger partial charge in [-0.05, 0) is 71.2 Å². The largest absolute Gasteiger partial charge is 0.489 e. The summed E-state index contributed by atoms with van der Waals surface area (Å²) >= 11 is 0. The van der Waals surface area contributed by atoms with E-state index < -0.39 is 59.3 Å². The van der Waals surface area contributed by atoms with Crippen LogP contribution < -0.4 is 37.7 Å². The minimum Gasteiger partial charge on any atom is -0.489 e.